The molecule has 134 valence electrons. The van der Waals surface area contributed by atoms with E-state index in [4.69, 9.17) is 9.47 Å². The molecular weight excluding hydrogens is 324 g/mol. The Morgan fingerprint density at radius 3 is 3.25 bits per heavy atom. The van der Waals surface area contributed by atoms with Gasteiger partial charge < -0.3 is 19.7 Å². The third-order valence-corrected chi connectivity index (χ3v) is 5.62. The Kier molecular flexibility index (Phi) is 6.48. The molecule has 3 heterocycles. The Balaban J connectivity index is 1.43. The van der Waals surface area contributed by atoms with Gasteiger partial charge in [-0.15, -0.1) is 11.3 Å². The Bertz CT molecular complexity index is 546. The lowest BCUT2D eigenvalue weighted by molar-refractivity contribution is -0.0447. The summed E-state index contributed by atoms with van der Waals surface area (Å²) >= 11 is 1.89. The number of ether oxygens (including phenoxy) is 2. The summed E-state index contributed by atoms with van der Waals surface area (Å²) in [6.07, 6.45) is 1.31. The molecule has 7 heteroatoms. The highest BCUT2D eigenvalue weighted by Crippen LogP contribution is 2.23. The highest BCUT2D eigenvalue weighted by atomic mass is 32.1. The molecule has 1 N–H and O–H groups in total. The van der Waals surface area contributed by atoms with Gasteiger partial charge in [-0.25, -0.2) is 0 Å². The van der Waals surface area contributed by atoms with E-state index in [0.717, 1.165) is 51.8 Å². The van der Waals surface area contributed by atoms with Gasteiger partial charge in [0.15, 0.2) is 5.96 Å². The minimum absolute atomic E-state index is 0.126. The number of guanidine groups is 1. The van der Waals surface area contributed by atoms with Crippen LogP contribution in [0, 0.1) is 0 Å². The second-order valence-electron chi connectivity index (χ2n) is 6.26. The second-order valence-corrected chi connectivity index (χ2v) is 7.26. The van der Waals surface area contributed by atoms with E-state index in [9.17, 15) is 0 Å². The SMILES string of the molecule is CN=C(NCCN1CCc2sccc2C1)N1CCOC(COC)C1. The van der Waals surface area contributed by atoms with Gasteiger partial charge in [0.2, 0.25) is 0 Å². The van der Waals surface area contributed by atoms with Crippen LogP contribution >= 0.6 is 11.3 Å². The number of aliphatic imine (C=N–C) groups is 1. The zero-order valence-electron chi connectivity index (χ0n) is 14.7. The molecule has 1 fully saturated rings. The topological polar surface area (TPSA) is 49.3 Å². The van der Waals surface area contributed by atoms with Gasteiger partial charge in [0.05, 0.1) is 19.3 Å². The van der Waals surface area contributed by atoms with Gasteiger partial charge in [0.25, 0.3) is 0 Å². The van der Waals surface area contributed by atoms with Crippen molar-refractivity contribution in [3.05, 3.63) is 21.9 Å². The first-order valence-electron chi connectivity index (χ1n) is 8.64. The van der Waals surface area contributed by atoms with Crippen LogP contribution in [0.2, 0.25) is 0 Å². The first-order valence-corrected chi connectivity index (χ1v) is 9.52. The molecule has 0 bridgehead atoms. The number of methoxy groups -OCH3 is 1. The molecule has 1 aromatic rings. The van der Waals surface area contributed by atoms with E-state index in [1.165, 1.54) is 12.0 Å². The lowest BCUT2D eigenvalue weighted by Gasteiger charge is -2.35. The van der Waals surface area contributed by atoms with Crippen molar-refractivity contribution in [3.8, 4) is 0 Å². The number of thiophene rings is 1. The van der Waals surface area contributed by atoms with Crippen LogP contribution in [0.1, 0.15) is 10.4 Å². The van der Waals surface area contributed by atoms with Crippen molar-refractivity contribution in [1.82, 2.24) is 15.1 Å². The molecule has 24 heavy (non-hydrogen) atoms. The summed E-state index contributed by atoms with van der Waals surface area (Å²) < 4.78 is 10.9. The monoisotopic (exact) mass is 352 g/mol. The van der Waals surface area contributed by atoms with E-state index < -0.39 is 0 Å². The van der Waals surface area contributed by atoms with E-state index in [0.29, 0.717) is 6.61 Å². The molecular formula is C17H28N4O2S. The molecule has 2 aliphatic rings. The molecule has 2 aliphatic heterocycles. The van der Waals surface area contributed by atoms with Crippen LogP contribution in [0.25, 0.3) is 0 Å². The molecule has 1 atom stereocenters. The summed E-state index contributed by atoms with van der Waals surface area (Å²) in [6, 6.07) is 2.27. The summed E-state index contributed by atoms with van der Waals surface area (Å²) in [6.45, 7) is 7.25. The van der Waals surface area contributed by atoms with Crippen molar-refractivity contribution in [2.45, 2.75) is 19.1 Å². The number of nitrogens with one attached hydrogen (secondary N) is 1. The Morgan fingerprint density at radius 1 is 1.50 bits per heavy atom. The lowest BCUT2D eigenvalue weighted by atomic mass is 10.1. The van der Waals surface area contributed by atoms with Gasteiger partial charge in [-0.2, -0.15) is 0 Å². The molecule has 1 unspecified atom stereocenters. The predicted octanol–water partition coefficient (Wildman–Crippen LogP) is 1.03. The van der Waals surface area contributed by atoms with Gasteiger partial charge in [-0.3, -0.25) is 9.89 Å². The van der Waals surface area contributed by atoms with Crippen molar-refractivity contribution < 1.29 is 9.47 Å². The maximum absolute atomic E-state index is 5.71. The van der Waals surface area contributed by atoms with E-state index in [1.807, 2.05) is 18.4 Å². The van der Waals surface area contributed by atoms with E-state index >= 15 is 0 Å². The fraction of sp³-hybridized carbons (Fsp3) is 0.706. The summed E-state index contributed by atoms with van der Waals surface area (Å²) in [7, 11) is 3.56. The Labute approximate surface area is 148 Å². The molecule has 0 saturated carbocycles. The molecule has 0 amide bonds. The fourth-order valence-corrected chi connectivity index (χ4v) is 4.24. The molecule has 3 rings (SSSR count). The predicted molar refractivity (Wildman–Crippen MR) is 97.9 cm³/mol. The van der Waals surface area contributed by atoms with Crippen molar-refractivity contribution in [3.63, 3.8) is 0 Å². The van der Waals surface area contributed by atoms with Crippen LogP contribution < -0.4 is 5.32 Å². The number of fused-ring (bicyclic) bond motifs is 1. The molecule has 0 radical (unpaired) electrons. The maximum atomic E-state index is 5.71. The van der Waals surface area contributed by atoms with Crippen LogP contribution in [0.5, 0.6) is 0 Å². The average molecular weight is 353 g/mol. The standard InChI is InChI=1S/C17H28N4O2S/c1-18-17(21-8-9-23-15(12-21)13-22-2)19-5-7-20-6-3-16-14(11-20)4-10-24-16/h4,10,15H,3,5-9,11-13H2,1-2H3,(H,18,19). The van der Waals surface area contributed by atoms with Gasteiger partial charge in [-0.05, 0) is 23.4 Å². The van der Waals surface area contributed by atoms with Gasteiger partial charge in [0, 0.05) is 58.3 Å². The smallest absolute Gasteiger partial charge is 0.193 e. The zero-order chi connectivity index (χ0) is 16.8. The van der Waals surface area contributed by atoms with Crippen LogP contribution in [0.3, 0.4) is 0 Å². The van der Waals surface area contributed by atoms with E-state index in [2.05, 4.69) is 31.6 Å². The van der Waals surface area contributed by atoms with Crippen molar-refractivity contribution in [2.24, 2.45) is 4.99 Å². The van der Waals surface area contributed by atoms with Gasteiger partial charge >= 0.3 is 0 Å². The van der Waals surface area contributed by atoms with Crippen LogP contribution in [-0.2, 0) is 22.4 Å². The minimum atomic E-state index is 0.126. The summed E-state index contributed by atoms with van der Waals surface area (Å²) in [5.41, 5.74) is 1.51. The van der Waals surface area contributed by atoms with Gasteiger partial charge in [0.1, 0.15) is 0 Å². The normalized spacial score (nSPS) is 22.5. The van der Waals surface area contributed by atoms with Crippen LogP contribution in [0.4, 0.5) is 0 Å². The first kappa shape index (κ1) is 17.7. The highest BCUT2D eigenvalue weighted by molar-refractivity contribution is 7.10. The summed E-state index contributed by atoms with van der Waals surface area (Å²) in [5, 5.41) is 5.72. The second kappa shape index (κ2) is 8.80. The maximum Gasteiger partial charge on any atom is 0.193 e. The van der Waals surface area contributed by atoms with Gasteiger partial charge in [-0.1, -0.05) is 0 Å². The molecule has 0 aliphatic carbocycles. The average Bonchev–Trinajstić information content (AvgIpc) is 3.07. The Morgan fingerprint density at radius 2 is 2.42 bits per heavy atom. The molecule has 1 saturated heterocycles. The molecule has 0 spiro atoms. The number of hydrogen-bond donors (Lipinski definition) is 1. The van der Waals surface area contributed by atoms with Crippen LogP contribution in [0.15, 0.2) is 16.4 Å². The molecule has 6 nitrogen and oxygen atoms in total. The quantitative estimate of drug-likeness (QED) is 0.634. The third-order valence-electron chi connectivity index (χ3n) is 4.60. The fourth-order valence-electron chi connectivity index (χ4n) is 3.35. The van der Waals surface area contributed by atoms with Crippen LogP contribution in [-0.4, -0.2) is 82.0 Å². The van der Waals surface area contributed by atoms with E-state index in [1.54, 1.807) is 12.0 Å². The van der Waals surface area contributed by atoms with Crippen molar-refractivity contribution >= 4 is 17.3 Å². The zero-order valence-corrected chi connectivity index (χ0v) is 15.5. The number of rotatable bonds is 5. The lowest BCUT2D eigenvalue weighted by Crippen LogP contribution is -2.52. The largest absolute Gasteiger partial charge is 0.382 e. The number of nitrogens with zero attached hydrogens (tertiary/aromatic N) is 3. The molecule has 0 aromatic carbocycles. The van der Waals surface area contributed by atoms with Crippen molar-refractivity contribution in [1.29, 1.82) is 0 Å². The Hall–Kier alpha value is -1.15. The highest BCUT2D eigenvalue weighted by Gasteiger charge is 2.23. The van der Waals surface area contributed by atoms with E-state index in [-0.39, 0.29) is 6.10 Å². The first-order chi connectivity index (χ1) is 11.8. The molecule has 1 aromatic heterocycles. The third kappa shape index (κ3) is 4.47. The summed E-state index contributed by atoms with van der Waals surface area (Å²) in [4.78, 5) is 10.8. The van der Waals surface area contributed by atoms with Crippen molar-refractivity contribution in [2.75, 3.05) is 60.1 Å². The minimum Gasteiger partial charge on any atom is -0.382 e. The number of morpholine rings is 1. The summed E-state index contributed by atoms with van der Waals surface area (Å²) in [5.74, 6) is 0.965. The number of hydrogen-bond acceptors (Lipinski definition) is 5.